The number of nitrogens with zero attached hydrogens (tertiary/aromatic N) is 3. The summed E-state index contributed by atoms with van der Waals surface area (Å²) in [5.41, 5.74) is 0.565. The van der Waals surface area contributed by atoms with E-state index in [4.69, 9.17) is 4.74 Å². The maximum Gasteiger partial charge on any atom is 0.259 e. The summed E-state index contributed by atoms with van der Waals surface area (Å²) in [6.45, 7) is 6.22. The second-order valence-electron chi connectivity index (χ2n) is 6.58. The highest BCUT2D eigenvalue weighted by Crippen LogP contribution is 2.26. The molecule has 1 saturated heterocycles. The average molecular weight is 303 g/mol. The van der Waals surface area contributed by atoms with Gasteiger partial charge in [-0.05, 0) is 45.2 Å². The summed E-state index contributed by atoms with van der Waals surface area (Å²) < 4.78 is 6.03. The number of likely N-dealkylation sites (tertiary alicyclic amines) is 1. The molecule has 1 aromatic heterocycles. The Morgan fingerprint density at radius 1 is 1.32 bits per heavy atom. The summed E-state index contributed by atoms with van der Waals surface area (Å²) in [5.74, 6) is 0.470. The van der Waals surface area contributed by atoms with E-state index >= 15 is 0 Å². The minimum absolute atomic E-state index is 0.00472. The van der Waals surface area contributed by atoms with E-state index in [2.05, 4.69) is 23.7 Å². The second-order valence-corrected chi connectivity index (χ2v) is 6.58. The quantitative estimate of drug-likeness (QED) is 0.858. The number of pyridine rings is 1. The molecular formula is C17H25N3O2. The molecule has 120 valence electrons. The van der Waals surface area contributed by atoms with Crippen LogP contribution in [0.25, 0.3) is 0 Å². The maximum atomic E-state index is 12.3. The first-order valence-electron chi connectivity index (χ1n) is 8.19. The van der Waals surface area contributed by atoms with E-state index in [0.717, 1.165) is 13.0 Å². The minimum atomic E-state index is -0.00601. The highest BCUT2D eigenvalue weighted by molar-refractivity contribution is 5.96. The second kappa shape index (κ2) is 6.24. The molecule has 3 atom stereocenters. The number of hydrogen-bond donors (Lipinski definition) is 0. The van der Waals surface area contributed by atoms with Gasteiger partial charge in [0.25, 0.3) is 5.91 Å². The first-order valence-corrected chi connectivity index (χ1v) is 8.19. The Bertz CT molecular complexity index is 538. The number of likely N-dealkylation sites (N-methyl/N-ethyl adjacent to an activating group) is 1. The van der Waals surface area contributed by atoms with Gasteiger partial charge in [0.05, 0.1) is 6.54 Å². The number of carbonyl (C=O) groups excluding carboxylic acids is 1. The Morgan fingerprint density at radius 3 is 2.77 bits per heavy atom. The van der Waals surface area contributed by atoms with Crippen LogP contribution in [0.5, 0.6) is 5.88 Å². The van der Waals surface area contributed by atoms with Gasteiger partial charge in [-0.2, -0.15) is 0 Å². The van der Waals surface area contributed by atoms with Gasteiger partial charge in [-0.25, -0.2) is 4.98 Å². The minimum Gasteiger partial charge on any atom is -0.472 e. The Balaban J connectivity index is 1.69. The van der Waals surface area contributed by atoms with Gasteiger partial charge in [-0.3, -0.25) is 9.69 Å². The van der Waals surface area contributed by atoms with E-state index in [0.29, 0.717) is 30.1 Å². The summed E-state index contributed by atoms with van der Waals surface area (Å²) in [6.07, 6.45) is 5.15. The zero-order valence-corrected chi connectivity index (χ0v) is 13.7. The summed E-state index contributed by atoms with van der Waals surface area (Å²) >= 11 is 0. The highest BCUT2D eigenvalue weighted by Gasteiger charge is 2.30. The SMILES string of the molecule is CC1CCC(C)N1CCC1CN(C)C(=O)c2cccnc2O1. The third-order valence-corrected chi connectivity index (χ3v) is 4.95. The smallest absolute Gasteiger partial charge is 0.259 e. The lowest BCUT2D eigenvalue weighted by Crippen LogP contribution is -2.39. The van der Waals surface area contributed by atoms with Gasteiger partial charge in [0.15, 0.2) is 0 Å². The molecule has 0 N–H and O–H groups in total. The standard InChI is InChI=1S/C17H25N3O2/c1-12-6-7-13(2)20(12)10-8-14-11-19(3)17(21)15-5-4-9-18-16(15)22-14/h4-5,9,12-14H,6-8,10-11H2,1-3H3. The molecule has 0 aliphatic carbocycles. The zero-order valence-electron chi connectivity index (χ0n) is 13.7. The fourth-order valence-corrected chi connectivity index (χ4v) is 3.57. The van der Waals surface area contributed by atoms with Crippen LogP contribution in [0, 0.1) is 0 Å². The predicted octanol–water partition coefficient (Wildman–Crippen LogP) is 2.18. The third kappa shape index (κ3) is 2.95. The lowest BCUT2D eigenvalue weighted by atomic mass is 10.2. The van der Waals surface area contributed by atoms with E-state index in [-0.39, 0.29) is 12.0 Å². The molecule has 3 unspecified atom stereocenters. The number of rotatable bonds is 3. The molecule has 0 radical (unpaired) electrons. The first-order chi connectivity index (χ1) is 10.6. The normalized spacial score (nSPS) is 29.1. The Kier molecular flexibility index (Phi) is 4.34. The lowest BCUT2D eigenvalue weighted by Gasteiger charge is -2.28. The summed E-state index contributed by atoms with van der Waals surface area (Å²) in [6, 6.07) is 4.85. The van der Waals surface area contributed by atoms with Crippen molar-refractivity contribution in [3.05, 3.63) is 23.9 Å². The van der Waals surface area contributed by atoms with E-state index in [1.165, 1.54) is 12.8 Å². The van der Waals surface area contributed by atoms with Gasteiger partial charge in [0, 0.05) is 31.9 Å². The van der Waals surface area contributed by atoms with Gasteiger partial charge < -0.3 is 9.64 Å². The molecule has 3 rings (SSSR count). The predicted molar refractivity (Wildman–Crippen MR) is 85.1 cm³/mol. The van der Waals surface area contributed by atoms with Crippen LogP contribution in [-0.4, -0.2) is 59.0 Å². The summed E-state index contributed by atoms with van der Waals surface area (Å²) in [5, 5.41) is 0. The molecule has 5 nitrogen and oxygen atoms in total. The van der Waals surface area contributed by atoms with Crippen molar-refractivity contribution in [2.45, 2.75) is 51.3 Å². The van der Waals surface area contributed by atoms with Crippen molar-refractivity contribution in [2.75, 3.05) is 20.1 Å². The molecule has 0 aromatic carbocycles. The van der Waals surface area contributed by atoms with Gasteiger partial charge >= 0.3 is 0 Å². The molecule has 0 spiro atoms. The van der Waals surface area contributed by atoms with Gasteiger partial charge in [-0.15, -0.1) is 0 Å². The number of fused-ring (bicyclic) bond motifs is 1. The van der Waals surface area contributed by atoms with Crippen molar-refractivity contribution in [3.63, 3.8) is 0 Å². The van der Waals surface area contributed by atoms with E-state index in [1.807, 2.05) is 7.05 Å². The zero-order chi connectivity index (χ0) is 15.7. The molecule has 1 amide bonds. The number of hydrogen-bond acceptors (Lipinski definition) is 4. The van der Waals surface area contributed by atoms with Crippen LogP contribution < -0.4 is 4.74 Å². The molecule has 1 aromatic rings. The fourth-order valence-electron chi connectivity index (χ4n) is 3.57. The maximum absolute atomic E-state index is 12.3. The Morgan fingerprint density at radius 2 is 2.05 bits per heavy atom. The van der Waals surface area contributed by atoms with Gasteiger partial charge in [0.2, 0.25) is 5.88 Å². The number of ether oxygens (including phenoxy) is 1. The molecule has 0 bridgehead atoms. The summed E-state index contributed by atoms with van der Waals surface area (Å²) in [4.78, 5) is 20.9. The van der Waals surface area contributed by atoms with Crippen molar-refractivity contribution in [2.24, 2.45) is 0 Å². The van der Waals surface area contributed by atoms with Crippen LogP contribution in [-0.2, 0) is 0 Å². The fraction of sp³-hybridized carbons (Fsp3) is 0.647. The molecule has 2 aliphatic heterocycles. The largest absolute Gasteiger partial charge is 0.472 e. The number of aromatic nitrogens is 1. The van der Waals surface area contributed by atoms with Crippen LogP contribution >= 0.6 is 0 Å². The molecular weight excluding hydrogens is 278 g/mol. The number of amides is 1. The molecule has 0 saturated carbocycles. The molecule has 22 heavy (non-hydrogen) atoms. The van der Waals surface area contributed by atoms with Crippen molar-refractivity contribution in [3.8, 4) is 5.88 Å². The lowest BCUT2D eigenvalue weighted by molar-refractivity contribution is 0.0736. The van der Waals surface area contributed by atoms with Crippen molar-refractivity contribution < 1.29 is 9.53 Å². The van der Waals surface area contributed by atoms with Gasteiger partial charge in [-0.1, -0.05) is 0 Å². The highest BCUT2D eigenvalue weighted by atomic mass is 16.5. The van der Waals surface area contributed by atoms with Crippen molar-refractivity contribution >= 4 is 5.91 Å². The Labute approximate surface area is 132 Å². The van der Waals surface area contributed by atoms with E-state index < -0.39 is 0 Å². The van der Waals surface area contributed by atoms with Crippen LogP contribution in [0.15, 0.2) is 18.3 Å². The average Bonchev–Trinajstić information content (AvgIpc) is 2.76. The van der Waals surface area contributed by atoms with Crippen molar-refractivity contribution in [1.29, 1.82) is 0 Å². The van der Waals surface area contributed by atoms with Gasteiger partial charge in [0.1, 0.15) is 11.7 Å². The summed E-state index contributed by atoms with van der Waals surface area (Å²) in [7, 11) is 1.84. The van der Waals surface area contributed by atoms with E-state index in [1.54, 1.807) is 23.2 Å². The van der Waals surface area contributed by atoms with Crippen molar-refractivity contribution in [1.82, 2.24) is 14.8 Å². The Hall–Kier alpha value is -1.62. The molecule has 2 aliphatic rings. The molecule has 3 heterocycles. The monoisotopic (exact) mass is 303 g/mol. The molecule has 5 heteroatoms. The van der Waals surface area contributed by atoms with Crippen LogP contribution in [0.2, 0.25) is 0 Å². The number of carbonyl (C=O) groups is 1. The van der Waals surface area contributed by atoms with Crippen LogP contribution in [0.4, 0.5) is 0 Å². The van der Waals surface area contributed by atoms with Crippen LogP contribution in [0.3, 0.4) is 0 Å². The van der Waals surface area contributed by atoms with E-state index in [9.17, 15) is 4.79 Å². The van der Waals surface area contributed by atoms with Crippen LogP contribution in [0.1, 0.15) is 43.5 Å². The third-order valence-electron chi connectivity index (χ3n) is 4.95. The first kappa shape index (κ1) is 15.3. The molecule has 1 fully saturated rings. The topological polar surface area (TPSA) is 45.7 Å².